The summed E-state index contributed by atoms with van der Waals surface area (Å²) in [4.78, 5) is 10.6. The number of fused-ring (bicyclic) bond motifs is 1. The summed E-state index contributed by atoms with van der Waals surface area (Å²) < 4.78 is 65.3. The Morgan fingerprint density at radius 3 is 1.97 bits per heavy atom. The second-order valence-electron chi connectivity index (χ2n) is 6.66. The Morgan fingerprint density at radius 2 is 1.36 bits per heavy atom. The Kier molecular flexibility index (Phi) is 5.59. The number of aromatic hydroxyl groups is 1. The van der Waals surface area contributed by atoms with Gasteiger partial charge in [0.2, 0.25) is 18.2 Å². The molecule has 12 nitrogen and oxygen atoms in total. The fourth-order valence-electron chi connectivity index (χ4n) is 2.99. The molecule has 4 rings (SSSR count). The first-order valence-corrected chi connectivity index (χ1v) is 11.9. The largest absolute Gasteiger partial charge is 0.507 e. The van der Waals surface area contributed by atoms with E-state index in [-0.39, 0.29) is 28.4 Å². The van der Waals surface area contributed by atoms with E-state index in [2.05, 4.69) is 31.9 Å². The standard InChI is InChI=1S/C19H14N5O7S2/c25-16-9-14(33(29,30)31)7-11-6-13(32(26,27)28)8-15(17(11)16)23-19-21-10-20-18(24-19)22-12-4-2-1-3-5-12/h1-9,25H,(H,26,27,28)(H,29,30,31)(H2,20,21,22,23,24). The zero-order chi connectivity index (χ0) is 23.8. The number of aromatic nitrogens is 3. The van der Waals surface area contributed by atoms with Crippen molar-refractivity contribution in [3.05, 3.63) is 60.9 Å². The number of rotatable bonds is 6. The Hall–Kier alpha value is -3.85. The molecule has 33 heavy (non-hydrogen) atoms. The van der Waals surface area contributed by atoms with E-state index in [0.717, 1.165) is 24.3 Å². The summed E-state index contributed by atoms with van der Waals surface area (Å²) in [7, 11) is -9.44. The number of para-hydroxylation sites is 1. The van der Waals surface area contributed by atoms with E-state index in [0.29, 0.717) is 5.69 Å². The van der Waals surface area contributed by atoms with Gasteiger partial charge in [-0.05, 0) is 35.7 Å². The average Bonchev–Trinajstić information content (AvgIpc) is 2.73. The second kappa shape index (κ2) is 8.25. The van der Waals surface area contributed by atoms with Crippen LogP contribution in [-0.4, -0.2) is 46.0 Å². The zero-order valence-corrected chi connectivity index (χ0v) is 18.0. The van der Waals surface area contributed by atoms with Gasteiger partial charge in [0.05, 0.1) is 15.5 Å². The van der Waals surface area contributed by atoms with Crippen LogP contribution in [0.15, 0.2) is 64.4 Å². The Bertz CT molecular complexity index is 1570. The van der Waals surface area contributed by atoms with E-state index in [9.17, 15) is 31.0 Å². The molecule has 169 valence electrons. The maximum absolute atomic E-state index is 11.7. The summed E-state index contributed by atoms with van der Waals surface area (Å²) in [6.07, 6.45) is 2.38. The number of phenols is 1. The molecule has 14 heteroatoms. The van der Waals surface area contributed by atoms with Crippen molar-refractivity contribution in [3.63, 3.8) is 0 Å². The summed E-state index contributed by atoms with van der Waals surface area (Å²) in [5.74, 6) is -0.590. The van der Waals surface area contributed by atoms with E-state index in [1.807, 2.05) is 6.07 Å². The minimum absolute atomic E-state index is 0.0206. The summed E-state index contributed by atoms with van der Waals surface area (Å²) in [5.41, 5.74) is 0.599. The third kappa shape index (κ3) is 4.98. The first-order valence-electron chi connectivity index (χ1n) is 8.98. The van der Waals surface area contributed by atoms with Gasteiger partial charge < -0.3 is 15.7 Å². The number of phenolic OH excluding ortho intramolecular Hbond substituents is 1. The third-order valence-corrected chi connectivity index (χ3v) is 6.03. The molecule has 0 saturated carbocycles. The molecule has 1 heterocycles. The Balaban J connectivity index is 1.82. The lowest BCUT2D eigenvalue weighted by Gasteiger charge is -2.13. The normalized spacial score (nSPS) is 11.9. The van der Waals surface area contributed by atoms with E-state index in [1.54, 1.807) is 24.3 Å². The Morgan fingerprint density at radius 1 is 0.788 bits per heavy atom. The van der Waals surface area contributed by atoms with Gasteiger partial charge >= 0.3 is 0 Å². The average molecular weight is 488 g/mol. The SMILES string of the molecule is O=S(=O)(O)c1cc(O)c2c(Nc3n[c]nc(Nc4ccccc4)n3)cc(S(=O)(=O)O)cc2c1. The van der Waals surface area contributed by atoms with Gasteiger partial charge in [-0.3, -0.25) is 9.11 Å². The van der Waals surface area contributed by atoms with Gasteiger partial charge in [0.1, 0.15) is 5.75 Å². The van der Waals surface area contributed by atoms with Crippen molar-refractivity contribution in [3.8, 4) is 5.75 Å². The molecule has 0 aliphatic heterocycles. The second-order valence-corrected chi connectivity index (χ2v) is 9.50. The molecule has 0 aliphatic carbocycles. The Labute approximate surface area is 187 Å². The molecule has 0 unspecified atom stereocenters. The van der Waals surface area contributed by atoms with Gasteiger partial charge in [0, 0.05) is 17.1 Å². The predicted octanol–water partition coefficient (Wildman–Crippen LogP) is 2.51. The number of hydrogen-bond donors (Lipinski definition) is 5. The summed E-state index contributed by atoms with van der Waals surface area (Å²) in [6.45, 7) is 0. The molecule has 4 aromatic rings. The highest BCUT2D eigenvalue weighted by Crippen LogP contribution is 2.37. The number of nitrogens with one attached hydrogen (secondary N) is 2. The van der Waals surface area contributed by atoms with Gasteiger partial charge in [0.15, 0.2) is 0 Å². The van der Waals surface area contributed by atoms with Crippen molar-refractivity contribution in [1.29, 1.82) is 0 Å². The van der Waals surface area contributed by atoms with E-state index < -0.39 is 35.8 Å². The van der Waals surface area contributed by atoms with Crippen LogP contribution in [0.25, 0.3) is 10.8 Å². The fraction of sp³-hybridized carbons (Fsp3) is 0. The highest BCUT2D eigenvalue weighted by Gasteiger charge is 2.20. The topological polar surface area (TPSA) is 192 Å². The first kappa shape index (κ1) is 22.3. The minimum atomic E-state index is -4.73. The van der Waals surface area contributed by atoms with Crippen LogP contribution in [0.4, 0.5) is 23.3 Å². The summed E-state index contributed by atoms with van der Waals surface area (Å²) >= 11 is 0. The van der Waals surface area contributed by atoms with Crippen molar-refractivity contribution in [2.45, 2.75) is 9.79 Å². The minimum Gasteiger partial charge on any atom is -0.507 e. The maximum Gasteiger partial charge on any atom is 0.294 e. The molecule has 3 aromatic carbocycles. The molecule has 1 radical (unpaired) electrons. The summed E-state index contributed by atoms with van der Waals surface area (Å²) in [6, 6.07) is 12.6. The van der Waals surface area contributed by atoms with Crippen LogP contribution in [0, 0.1) is 6.33 Å². The van der Waals surface area contributed by atoms with Crippen LogP contribution in [-0.2, 0) is 20.2 Å². The number of hydrogen-bond acceptors (Lipinski definition) is 10. The van der Waals surface area contributed by atoms with Crippen LogP contribution >= 0.6 is 0 Å². The van der Waals surface area contributed by atoms with Gasteiger partial charge in [-0.15, -0.1) is 0 Å². The maximum atomic E-state index is 11.7. The highest BCUT2D eigenvalue weighted by atomic mass is 32.2. The van der Waals surface area contributed by atoms with Crippen molar-refractivity contribution in [1.82, 2.24) is 15.0 Å². The van der Waals surface area contributed by atoms with Crippen molar-refractivity contribution < 1.29 is 31.0 Å². The zero-order valence-electron chi connectivity index (χ0n) is 16.3. The predicted molar refractivity (Wildman–Crippen MR) is 117 cm³/mol. The molecular weight excluding hydrogens is 474 g/mol. The lowest BCUT2D eigenvalue weighted by atomic mass is 10.1. The lowest BCUT2D eigenvalue weighted by molar-refractivity contribution is 0.471. The third-order valence-electron chi connectivity index (χ3n) is 4.37. The van der Waals surface area contributed by atoms with E-state index in [4.69, 9.17) is 0 Å². The number of benzene rings is 3. The fourth-order valence-corrected chi connectivity index (χ4v) is 4.07. The number of nitrogens with zero attached hydrogens (tertiary/aromatic N) is 3. The van der Waals surface area contributed by atoms with Crippen LogP contribution in [0.2, 0.25) is 0 Å². The molecule has 5 N–H and O–H groups in total. The molecule has 0 bridgehead atoms. The van der Waals surface area contributed by atoms with E-state index >= 15 is 0 Å². The molecule has 0 saturated heterocycles. The van der Waals surface area contributed by atoms with Crippen LogP contribution in [0.3, 0.4) is 0 Å². The van der Waals surface area contributed by atoms with Crippen molar-refractivity contribution in [2.75, 3.05) is 10.6 Å². The van der Waals surface area contributed by atoms with Crippen molar-refractivity contribution >= 4 is 54.3 Å². The molecule has 1 aromatic heterocycles. The first-order chi connectivity index (χ1) is 15.5. The highest BCUT2D eigenvalue weighted by molar-refractivity contribution is 7.86. The van der Waals surface area contributed by atoms with Crippen LogP contribution in [0.5, 0.6) is 5.75 Å². The van der Waals surface area contributed by atoms with Crippen molar-refractivity contribution in [2.24, 2.45) is 0 Å². The summed E-state index contributed by atoms with van der Waals surface area (Å²) in [5, 5.41) is 15.9. The molecule has 0 aliphatic rings. The smallest absolute Gasteiger partial charge is 0.294 e. The molecule has 0 atom stereocenters. The molecule has 0 spiro atoms. The van der Waals surface area contributed by atoms with Gasteiger partial charge in [-0.2, -0.15) is 31.8 Å². The van der Waals surface area contributed by atoms with Gasteiger partial charge in [-0.1, -0.05) is 18.2 Å². The lowest BCUT2D eigenvalue weighted by Crippen LogP contribution is -2.05. The van der Waals surface area contributed by atoms with E-state index in [1.165, 1.54) is 0 Å². The van der Waals surface area contributed by atoms with Crippen LogP contribution in [0.1, 0.15) is 0 Å². The molecule has 0 fully saturated rings. The number of anilines is 4. The van der Waals surface area contributed by atoms with Gasteiger partial charge in [-0.25, -0.2) is 0 Å². The van der Waals surface area contributed by atoms with Crippen LogP contribution < -0.4 is 10.6 Å². The van der Waals surface area contributed by atoms with Gasteiger partial charge in [0.25, 0.3) is 20.2 Å². The monoisotopic (exact) mass is 488 g/mol. The quantitative estimate of drug-likeness (QED) is 0.249. The molecular formula is C19H14N5O7S2. The molecule has 0 amide bonds.